The largest absolute Gasteiger partial charge is 0.493 e. The third-order valence-corrected chi connectivity index (χ3v) is 4.57. The quantitative estimate of drug-likeness (QED) is 0.904. The van der Waals surface area contributed by atoms with Crippen molar-refractivity contribution >= 4 is 5.91 Å². The molecule has 6 nitrogen and oxygen atoms in total. The second-order valence-corrected chi connectivity index (χ2v) is 6.04. The lowest BCUT2D eigenvalue weighted by molar-refractivity contribution is 0.0719. The molecule has 0 spiro atoms. The molecule has 1 aliphatic heterocycles. The first-order valence-electron chi connectivity index (χ1n) is 8.46. The fraction of sp³-hybridized carbons (Fsp3) is 0.421. The highest BCUT2D eigenvalue weighted by Crippen LogP contribution is 2.44. The zero-order valence-electron chi connectivity index (χ0n) is 14.9. The molecule has 1 aromatic heterocycles. The molecule has 2 aromatic rings. The Hall–Kier alpha value is -2.63. The maximum atomic E-state index is 12.6. The molecule has 134 valence electrons. The summed E-state index contributed by atoms with van der Waals surface area (Å²) in [4.78, 5) is 17.6. The van der Waals surface area contributed by atoms with Gasteiger partial charge in [0.1, 0.15) is 5.69 Å². The number of nitrogens with zero attached hydrogens (tertiary/aromatic N) is 1. The van der Waals surface area contributed by atoms with Gasteiger partial charge in [-0.25, -0.2) is 0 Å². The van der Waals surface area contributed by atoms with Crippen molar-refractivity contribution in [3.05, 3.63) is 30.1 Å². The van der Waals surface area contributed by atoms with Crippen molar-refractivity contribution in [3.8, 4) is 28.4 Å². The van der Waals surface area contributed by atoms with Gasteiger partial charge in [-0.15, -0.1) is 0 Å². The normalized spacial score (nSPS) is 14.3. The number of likely N-dealkylation sites (tertiary alicyclic amines) is 1. The van der Waals surface area contributed by atoms with E-state index in [-0.39, 0.29) is 5.91 Å². The highest BCUT2D eigenvalue weighted by Gasteiger charge is 2.22. The van der Waals surface area contributed by atoms with Crippen LogP contribution in [0, 0.1) is 0 Å². The number of hydrogen-bond donors (Lipinski definition) is 1. The number of carbonyl (C=O) groups excluding carboxylic acids is 1. The molecule has 1 N–H and O–H groups in total. The van der Waals surface area contributed by atoms with Gasteiger partial charge in [-0.1, -0.05) is 0 Å². The monoisotopic (exact) mass is 344 g/mol. The summed E-state index contributed by atoms with van der Waals surface area (Å²) in [6, 6.07) is 5.59. The van der Waals surface area contributed by atoms with Crippen LogP contribution in [0.25, 0.3) is 11.1 Å². The molecule has 1 saturated heterocycles. The Morgan fingerprint density at radius 1 is 1.00 bits per heavy atom. The molecule has 0 atom stereocenters. The predicted octanol–water partition coefficient (Wildman–Crippen LogP) is 3.33. The Morgan fingerprint density at radius 3 is 2.36 bits per heavy atom. The van der Waals surface area contributed by atoms with Crippen molar-refractivity contribution in [2.75, 3.05) is 34.4 Å². The van der Waals surface area contributed by atoms with E-state index in [0.29, 0.717) is 22.9 Å². The van der Waals surface area contributed by atoms with Gasteiger partial charge in [0.15, 0.2) is 11.5 Å². The van der Waals surface area contributed by atoms with Crippen LogP contribution in [-0.2, 0) is 0 Å². The number of hydrogen-bond acceptors (Lipinski definition) is 4. The van der Waals surface area contributed by atoms with Crippen LogP contribution < -0.4 is 14.2 Å². The minimum atomic E-state index is 0.0467. The minimum absolute atomic E-state index is 0.0467. The van der Waals surface area contributed by atoms with Crippen molar-refractivity contribution < 1.29 is 19.0 Å². The molecular weight excluding hydrogens is 320 g/mol. The van der Waals surface area contributed by atoms with E-state index in [1.54, 1.807) is 21.3 Å². The number of amides is 1. The second-order valence-electron chi connectivity index (χ2n) is 6.04. The first-order chi connectivity index (χ1) is 12.2. The number of benzene rings is 1. The van der Waals surface area contributed by atoms with Gasteiger partial charge >= 0.3 is 0 Å². The van der Waals surface area contributed by atoms with Crippen LogP contribution in [0.3, 0.4) is 0 Å². The fourth-order valence-corrected chi connectivity index (χ4v) is 3.27. The van der Waals surface area contributed by atoms with E-state index in [4.69, 9.17) is 14.2 Å². The molecular formula is C19H24N2O4. The molecule has 0 unspecified atom stereocenters. The average Bonchev–Trinajstić information content (AvgIpc) is 3.16. The highest BCUT2D eigenvalue weighted by molar-refractivity contribution is 5.94. The SMILES string of the molecule is COc1ccc(-c2c[nH]c(C(=O)N3CCCCC3)c2)c(OC)c1OC. The van der Waals surface area contributed by atoms with Gasteiger partial charge in [0.05, 0.1) is 21.3 Å². The third-order valence-electron chi connectivity index (χ3n) is 4.57. The number of ether oxygens (including phenoxy) is 3. The first kappa shape index (κ1) is 17.2. The van der Waals surface area contributed by atoms with Crippen LogP contribution in [0.5, 0.6) is 17.2 Å². The van der Waals surface area contributed by atoms with E-state index in [1.807, 2.05) is 29.3 Å². The average molecular weight is 344 g/mol. The molecule has 3 rings (SSSR count). The zero-order valence-corrected chi connectivity index (χ0v) is 14.9. The van der Waals surface area contributed by atoms with E-state index >= 15 is 0 Å². The Morgan fingerprint density at radius 2 is 1.72 bits per heavy atom. The van der Waals surface area contributed by atoms with Gasteiger partial charge in [0.2, 0.25) is 5.75 Å². The number of nitrogens with one attached hydrogen (secondary N) is 1. The Labute approximate surface area is 147 Å². The summed E-state index contributed by atoms with van der Waals surface area (Å²) >= 11 is 0. The fourth-order valence-electron chi connectivity index (χ4n) is 3.27. The number of H-pyrrole nitrogens is 1. The highest BCUT2D eigenvalue weighted by atomic mass is 16.5. The number of rotatable bonds is 5. The Kier molecular flexibility index (Phi) is 5.16. The molecule has 0 aliphatic carbocycles. The lowest BCUT2D eigenvalue weighted by Crippen LogP contribution is -2.35. The molecule has 1 amide bonds. The summed E-state index contributed by atoms with van der Waals surface area (Å²) in [5.41, 5.74) is 2.31. The van der Waals surface area contributed by atoms with Gasteiger partial charge in [0.25, 0.3) is 5.91 Å². The summed E-state index contributed by atoms with van der Waals surface area (Å²) < 4.78 is 16.3. The molecule has 2 heterocycles. The van der Waals surface area contributed by atoms with E-state index in [2.05, 4.69) is 4.98 Å². The van der Waals surface area contributed by atoms with Crippen LogP contribution in [-0.4, -0.2) is 50.2 Å². The van der Waals surface area contributed by atoms with Crippen LogP contribution in [0.2, 0.25) is 0 Å². The van der Waals surface area contributed by atoms with Gasteiger partial charge < -0.3 is 24.1 Å². The van der Waals surface area contributed by atoms with Gasteiger partial charge in [-0.2, -0.15) is 0 Å². The van der Waals surface area contributed by atoms with Crippen LogP contribution in [0.4, 0.5) is 0 Å². The smallest absolute Gasteiger partial charge is 0.270 e. The second kappa shape index (κ2) is 7.51. The zero-order chi connectivity index (χ0) is 17.8. The molecule has 1 aliphatic rings. The number of methoxy groups -OCH3 is 3. The first-order valence-corrected chi connectivity index (χ1v) is 8.46. The van der Waals surface area contributed by atoms with Gasteiger partial charge in [0, 0.05) is 30.4 Å². The van der Waals surface area contributed by atoms with Crippen molar-refractivity contribution in [1.82, 2.24) is 9.88 Å². The number of aromatic amines is 1. The molecule has 0 bridgehead atoms. The Bertz CT molecular complexity index is 748. The summed E-state index contributed by atoms with van der Waals surface area (Å²) in [6.45, 7) is 1.65. The lowest BCUT2D eigenvalue weighted by atomic mass is 10.1. The number of piperidine rings is 1. The minimum Gasteiger partial charge on any atom is -0.493 e. The van der Waals surface area contributed by atoms with Crippen molar-refractivity contribution in [3.63, 3.8) is 0 Å². The van der Waals surface area contributed by atoms with Crippen LogP contribution in [0.1, 0.15) is 29.8 Å². The summed E-state index contributed by atoms with van der Waals surface area (Å²) in [5.74, 6) is 1.76. The maximum Gasteiger partial charge on any atom is 0.270 e. The van der Waals surface area contributed by atoms with E-state index in [1.165, 1.54) is 6.42 Å². The molecule has 0 saturated carbocycles. The predicted molar refractivity (Wildman–Crippen MR) is 95.6 cm³/mol. The van der Waals surface area contributed by atoms with E-state index in [0.717, 1.165) is 37.1 Å². The maximum absolute atomic E-state index is 12.6. The topological polar surface area (TPSA) is 63.8 Å². The molecule has 1 aromatic carbocycles. The third kappa shape index (κ3) is 3.29. The van der Waals surface area contributed by atoms with Crippen LogP contribution >= 0.6 is 0 Å². The van der Waals surface area contributed by atoms with Crippen LogP contribution in [0.15, 0.2) is 24.4 Å². The number of carbonyl (C=O) groups is 1. The molecule has 0 radical (unpaired) electrons. The van der Waals surface area contributed by atoms with Crippen molar-refractivity contribution in [2.45, 2.75) is 19.3 Å². The summed E-state index contributed by atoms with van der Waals surface area (Å²) in [6.07, 6.45) is 5.16. The lowest BCUT2D eigenvalue weighted by Gasteiger charge is -2.26. The van der Waals surface area contributed by atoms with Gasteiger partial charge in [-0.3, -0.25) is 4.79 Å². The summed E-state index contributed by atoms with van der Waals surface area (Å²) in [5, 5.41) is 0. The van der Waals surface area contributed by atoms with E-state index in [9.17, 15) is 4.79 Å². The van der Waals surface area contributed by atoms with Crippen molar-refractivity contribution in [1.29, 1.82) is 0 Å². The summed E-state index contributed by atoms with van der Waals surface area (Å²) in [7, 11) is 4.75. The Balaban J connectivity index is 1.93. The van der Waals surface area contributed by atoms with Crippen molar-refractivity contribution in [2.24, 2.45) is 0 Å². The molecule has 1 fully saturated rings. The molecule has 6 heteroatoms. The number of aromatic nitrogens is 1. The van der Waals surface area contributed by atoms with Gasteiger partial charge in [-0.05, 0) is 37.5 Å². The standard InChI is InChI=1S/C19H24N2O4/c1-23-16-8-7-14(17(24-2)18(16)25-3)13-11-15(20-12-13)19(22)21-9-5-4-6-10-21/h7-8,11-12,20H,4-6,9-10H2,1-3H3. The molecule has 25 heavy (non-hydrogen) atoms. The van der Waals surface area contributed by atoms with E-state index < -0.39 is 0 Å².